The molecule has 0 aliphatic carbocycles. The summed E-state index contributed by atoms with van der Waals surface area (Å²) < 4.78 is 0. The van der Waals surface area contributed by atoms with Crippen LogP contribution < -0.4 is 5.32 Å². The summed E-state index contributed by atoms with van der Waals surface area (Å²) in [5, 5.41) is 11.5. The van der Waals surface area contributed by atoms with Crippen molar-refractivity contribution in [2.75, 3.05) is 13.2 Å². The number of hydrogen-bond acceptors (Lipinski definition) is 2. The van der Waals surface area contributed by atoms with Gasteiger partial charge in [-0.05, 0) is 12.8 Å². The summed E-state index contributed by atoms with van der Waals surface area (Å²) in [6, 6.07) is 0. The standard InChI is InChI=1S/C16H33NO2/c1-2-3-4-5-6-7-8-9-10-11-14-17-16(19)13-12-15-18/h18H,2-15H2,1H3,(H,17,19). The third-order valence-electron chi connectivity index (χ3n) is 3.41. The summed E-state index contributed by atoms with van der Waals surface area (Å²) in [6.45, 7) is 3.15. The summed E-state index contributed by atoms with van der Waals surface area (Å²) in [4.78, 5) is 11.2. The Morgan fingerprint density at radius 3 is 1.89 bits per heavy atom. The minimum Gasteiger partial charge on any atom is -0.396 e. The fourth-order valence-electron chi connectivity index (χ4n) is 2.17. The first-order chi connectivity index (χ1) is 9.31. The lowest BCUT2D eigenvalue weighted by Crippen LogP contribution is -2.24. The molecule has 0 aromatic heterocycles. The van der Waals surface area contributed by atoms with Crippen molar-refractivity contribution >= 4 is 5.91 Å². The first kappa shape index (κ1) is 18.4. The average Bonchev–Trinajstić information content (AvgIpc) is 2.42. The quantitative estimate of drug-likeness (QED) is 0.472. The van der Waals surface area contributed by atoms with E-state index in [4.69, 9.17) is 5.11 Å². The fourth-order valence-corrected chi connectivity index (χ4v) is 2.17. The third-order valence-corrected chi connectivity index (χ3v) is 3.41. The van der Waals surface area contributed by atoms with Crippen molar-refractivity contribution in [1.82, 2.24) is 5.32 Å². The van der Waals surface area contributed by atoms with Crippen LogP contribution in [0, 0.1) is 0 Å². The third kappa shape index (κ3) is 15.4. The molecule has 0 aromatic rings. The second kappa shape index (κ2) is 15.5. The van der Waals surface area contributed by atoms with Gasteiger partial charge in [0.15, 0.2) is 0 Å². The number of hydrogen-bond donors (Lipinski definition) is 2. The molecule has 3 heteroatoms. The van der Waals surface area contributed by atoms with Gasteiger partial charge in [-0.2, -0.15) is 0 Å². The molecule has 0 aromatic carbocycles. The molecule has 0 saturated carbocycles. The second-order valence-electron chi connectivity index (χ2n) is 5.36. The molecule has 3 nitrogen and oxygen atoms in total. The average molecular weight is 271 g/mol. The minimum absolute atomic E-state index is 0.0741. The van der Waals surface area contributed by atoms with Crippen LogP contribution in [0.4, 0.5) is 0 Å². The maximum atomic E-state index is 11.2. The van der Waals surface area contributed by atoms with E-state index in [-0.39, 0.29) is 12.5 Å². The predicted octanol–water partition coefficient (Wildman–Crippen LogP) is 3.80. The van der Waals surface area contributed by atoms with Gasteiger partial charge in [0.1, 0.15) is 0 Å². The Bertz CT molecular complexity index is 195. The van der Waals surface area contributed by atoms with Crippen LogP contribution in [0.5, 0.6) is 0 Å². The zero-order valence-corrected chi connectivity index (χ0v) is 12.8. The molecule has 0 saturated heterocycles. The van der Waals surface area contributed by atoms with Crippen molar-refractivity contribution in [2.24, 2.45) is 0 Å². The molecule has 0 aliphatic heterocycles. The van der Waals surface area contributed by atoms with E-state index in [0.29, 0.717) is 12.8 Å². The van der Waals surface area contributed by atoms with E-state index in [1.54, 1.807) is 0 Å². The Hall–Kier alpha value is -0.570. The highest BCUT2D eigenvalue weighted by molar-refractivity contribution is 5.75. The van der Waals surface area contributed by atoms with Crippen molar-refractivity contribution in [3.05, 3.63) is 0 Å². The number of unbranched alkanes of at least 4 members (excludes halogenated alkanes) is 9. The Kier molecular flexibility index (Phi) is 15.0. The first-order valence-corrected chi connectivity index (χ1v) is 8.18. The lowest BCUT2D eigenvalue weighted by atomic mass is 10.1. The molecule has 114 valence electrons. The van der Waals surface area contributed by atoms with Crippen LogP contribution in [0.25, 0.3) is 0 Å². The largest absolute Gasteiger partial charge is 0.396 e. The number of carbonyl (C=O) groups is 1. The maximum absolute atomic E-state index is 11.2. The molecule has 0 fully saturated rings. The number of aliphatic hydroxyl groups excluding tert-OH is 1. The lowest BCUT2D eigenvalue weighted by molar-refractivity contribution is -0.121. The lowest BCUT2D eigenvalue weighted by Gasteiger charge is -2.05. The molecule has 0 rings (SSSR count). The molecule has 0 radical (unpaired) electrons. The van der Waals surface area contributed by atoms with Gasteiger partial charge in [0.25, 0.3) is 0 Å². The van der Waals surface area contributed by atoms with Crippen LogP contribution >= 0.6 is 0 Å². The Balaban J connectivity index is 3.04. The minimum atomic E-state index is 0.0741. The van der Waals surface area contributed by atoms with Crippen LogP contribution in [0.15, 0.2) is 0 Å². The zero-order valence-electron chi connectivity index (χ0n) is 12.8. The molecular formula is C16H33NO2. The summed E-state index contributed by atoms with van der Waals surface area (Å²) >= 11 is 0. The summed E-state index contributed by atoms with van der Waals surface area (Å²) in [5.41, 5.74) is 0. The zero-order chi connectivity index (χ0) is 14.2. The van der Waals surface area contributed by atoms with Gasteiger partial charge < -0.3 is 10.4 Å². The SMILES string of the molecule is CCCCCCCCCCCCNC(=O)CCCO. The molecule has 0 bridgehead atoms. The van der Waals surface area contributed by atoms with Crippen molar-refractivity contribution in [3.8, 4) is 0 Å². The maximum Gasteiger partial charge on any atom is 0.220 e. The van der Waals surface area contributed by atoms with Gasteiger partial charge >= 0.3 is 0 Å². The summed E-state index contributed by atoms with van der Waals surface area (Å²) in [6.07, 6.45) is 14.2. The normalized spacial score (nSPS) is 10.6. The fraction of sp³-hybridized carbons (Fsp3) is 0.938. The van der Waals surface area contributed by atoms with Crippen molar-refractivity contribution < 1.29 is 9.90 Å². The number of carbonyl (C=O) groups excluding carboxylic acids is 1. The highest BCUT2D eigenvalue weighted by Gasteiger charge is 1.99. The Labute approximate surface area is 119 Å². The second-order valence-corrected chi connectivity index (χ2v) is 5.36. The highest BCUT2D eigenvalue weighted by atomic mass is 16.3. The number of rotatable bonds is 14. The number of aliphatic hydroxyl groups is 1. The van der Waals surface area contributed by atoms with E-state index in [9.17, 15) is 4.79 Å². The summed E-state index contributed by atoms with van der Waals surface area (Å²) in [7, 11) is 0. The van der Waals surface area contributed by atoms with E-state index in [1.807, 2.05) is 0 Å². The van der Waals surface area contributed by atoms with Crippen molar-refractivity contribution in [3.63, 3.8) is 0 Å². The van der Waals surface area contributed by atoms with Gasteiger partial charge in [-0.3, -0.25) is 4.79 Å². The van der Waals surface area contributed by atoms with E-state index >= 15 is 0 Å². The van der Waals surface area contributed by atoms with E-state index < -0.39 is 0 Å². The van der Waals surface area contributed by atoms with Crippen molar-refractivity contribution in [2.45, 2.75) is 84.0 Å². The van der Waals surface area contributed by atoms with Crippen LogP contribution in [0.3, 0.4) is 0 Å². The summed E-state index contributed by atoms with van der Waals surface area (Å²) in [5.74, 6) is 0.0741. The van der Waals surface area contributed by atoms with Gasteiger partial charge in [-0.15, -0.1) is 0 Å². The molecular weight excluding hydrogens is 238 g/mol. The molecule has 0 atom stereocenters. The molecule has 1 amide bonds. The van der Waals surface area contributed by atoms with Gasteiger partial charge in [0, 0.05) is 19.6 Å². The molecule has 2 N–H and O–H groups in total. The van der Waals surface area contributed by atoms with Gasteiger partial charge in [0.05, 0.1) is 0 Å². The smallest absolute Gasteiger partial charge is 0.220 e. The highest BCUT2D eigenvalue weighted by Crippen LogP contribution is 2.10. The Morgan fingerprint density at radius 1 is 0.842 bits per heavy atom. The van der Waals surface area contributed by atoms with Crippen LogP contribution in [0.1, 0.15) is 84.0 Å². The monoisotopic (exact) mass is 271 g/mol. The van der Waals surface area contributed by atoms with Gasteiger partial charge in [-0.25, -0.2) is 0 Å². The molecule has 0 unspecified atom stereocenters. The predicted molar refractivity (Wildman–Crippen MR) is 81.2 cm³/mol. The molecule has 19 heavy (non-hydrogen) atoms. The molecule has 0 heterocycles. The topological polar surface area (TPSA) is 49.3 Å². The first-order valence-electron chi connectivity index (χ1n) is 8.18. The van der Waals surface area contributed by atoms with Crippen molar-refractivity contribution in [1.29, 1.82) is 0 Å². The van der Waals surface area contributed by atoms with Crippen LogP contribution in [-0.2, 0) is 4.79 Å². The van der Waals surface area contributed by atoms with Crippen LogP contribution in [0.2, 0.25) is 0 Å². The van der Waals surface area contributed by atoms with E-state index in [1.165, 1.54) is 57.8 Å². The number of nitrogens with one attached hydrogen (secondary N) is 1. The van der Waals surface area contributed by atoms with E-state index in [0.717, 1.165) is 13.0 Å². The Morgan fingerprint density at radius 2 is 1.37 bits per heavy atom. The molecule has 0 aliphatic rings. The van der Waals surface area contributed by atoms with Gasteiger partial charge in [-0.1, -0.05) is 64.7 Å². The number of amides is 1. The van der Waals surface area contributed by atoms with Gasteiger partial charge in [0.2, 0.25) is 5.91 Å². The molecule has 0 spiro atoms. The van der Waals surface area contributed by atoms with Crippen LogP contribution in [-0.4, -0.2) is 24.2 Å². The van der Waals surface area contributed by atoms with E-state index in [2.05, 4.69) is 12.2 Å².